The standard InChI is InChI=1S/C26H42N4O5.C10H12N4O4/c1-2-3-4-5-6-7-8-9-10-11-12-13-14-15-23(32)28-22-16-17-30(26(34)29-22)25-20(18-27)24(33)21(19-31)35-25;11-3-5-8(16)6(4-15)18-9(5)14-2-1-7(12)13-10(14)17/h16-17,20-21,24-25,31,33H,2-15,19H2,1H3,(H,28,29,32,34);1-2,5-6,8-9,15-16H,4H2,(H2,12,13,17)/t20-,21+,24-,25?;5-,6+,8-,9?/m00/s1. The molecule has 53 heavy (non-hydrogen) atoms. The van der Waals surface area contributed by atoms with E-state index in [9.17, 15) is 35.0 Å². The van der Waals surface area contributed by atoms with Gasteiger partial charge in [-0.15, -0.1) is 0 Å². The third-order valence-electron chi connectivity index (χ3n) is 9.40. The maximum atomic E-state index is 12.4. The molecule has 2 aliphatic heterocycles. The number of aromatic nitrogens is 4. The second kappa shape index (κ2) is 22.8. The predicted octanol–water partition coefficient (Wildman–Crippen LogP) is 2.27. The summed E-state index contributed by atoms with van der Waals surface area (Å²) in [6.45, 7) is 1.34. The first kappa shape index (κ1) is 43.2. The Kier molecular flexibility index (Phi) is 18.5. The minimum Gasteiger partial charge on any atom is -0.394 e. The van der Waals surface area contributed by atoms with E-state index in [1.54, 1.807) is 0 Å². The van der Waals surface area contributed by atoms with Crippen LogP contribution in [0.3, 0.4) is 0 Å². The van der Waals surface area contributed by atoms with Crippen LogP contribution < -0.4 is 22.4 Å². The number of aliphatic hydroxyl groups excluding tert-OH is 4. The quantitative estimate of drug-likeness (QED) is 0.113. The Morgan fingerprint density at radius 3 is 1.62 bits per heavy atom. The van der Waals surface area contributed by atoms with Crippen LogP contribution in [0.1, 0.15) is 109 Å². The molecule has 1 amide bonds. The second-order valence-electron chi connectivity index (χ2n) is 13.4. The van der Waals surface area contributed by atoms with Gasteiger partial charge in [0.1, 0.15) is 47.9 Å². The van der Waals surface area contributed by atoms with E-state index in [0.29, 0.717) is 6.42 Å². The van der Waals surface area contributed by atoms with Crippen molar-refractivity contribution < 1.29 is 34.7 Å². The average molecular weight is 743 g/mol. The maximum absolute atomic E-state index is 12.4. The first-order chi connectivity index (χ1) is 25.6. The molecule has 0 spiro atoms. The molecule has 7 N–H and O–H groups in total. The largest absolute Gasteiger partial charge is 0.394 e. The van der Waals surface area contributed by atoms with Crippen molar-refractivity contribution in [2.45, 2.75) is 134 Å². The molecule has 2 aromatic heterocycles. The number of nitrogens with zero attached hydrogens (tertiary/aromatic N) is 6. The summed E-state index contributed by atoms with van der Waals surface area (Å²) in [5.41, 5.74) is 3.97. The Morgan fingerprint density at radius 2 is 1.21 bits per heavy atom. The first-order valence-electron chi connectivity index (χ1n) is 18.5. The third kappa shape index (κ3) is 12.7. The van der Waals surface area contributed by atoms with Gasteiger partial charge in [-0.1, -0.05) is 84.0 Å². The van der Waals surface area contributed by atoms with Crippen molar-refractivity contribution in [2.24, 2.45) is 11.8 Å². The molecule has 0 aliphatic carbocycles. The van der Waals surface area contributed by atoms with E-state index in [0.717, 1.165) is 28.4 Å². The van der Waals surface area contributed by atoms with Gasteiger partial charge in [-0.25, -0.2) is 9.59 Å². The molecule has 8 atom stereocenters. The van der Waals surface area contributed by atoms with E-state index in [2.05, 4.69) is 22.2 Å². The molecule has 2 saturated heterocycles. The molecule has 17 nitrogen and oxygen atoms in total. The highest BCUT2D eigenvalue weighted by Gasteiger charge is 2.46. The molecule has 2 fully saturated rings. The number of nitriles is 2. The number of unbranched alkanes of at least 4 members (excludes halogenated alkanes) is 12. The van der Waals surface area contributed by atoms with E-state index in [1.807, 2.05) is 12.1 Å². The fourth-order valence-corrected chi connectivity index (χ4v) is 6.35. The summed E-state index contributed by atoms with van der Waals surface area (Å²) in [5.74, 6) is -1.97. The minimum absolute atomic E-state index is 0.0574. The summed E-state index contributed by atoms with van der Waals surface area (Å²) in [4.78, 5) is 43.6. The van der Waals surface area contributed by atoms with Crippen LogP contribution in [0.4, 0.5) is 11.6 Å². The van der Waals surface area contributed by atoms with E-state index >= 15 is 0 Å². The Labute approximate surface area is 309 Å². The lowest BCUT2D eigenvalue weighted by Crippen LogP contribution is -2.32. The SMILES string of the molecule is CCCCCCCCCCCCCCCC(=O)Nc1ccn(C2O[C@H](CO)[C@@H](O)[C@@H]2C#N)c(=O)n1.N#C[C@@H]1C(n2ccc(N)nc2=O)O[C@H](CO)[C@H]1O. The molecule has 0 bridgehead atoms. The summed E-state index contributed by atoms with van der Waals surface area (Å²) >= 11 is 0. The maximum Gasteiger partial charge on any atom is 0.351 e. The van der Waals surface area contributed by atoms with Gasteiger partial charge < -0.3 is 41.0 Å². The van der Waals surface area contributed by atoms with Crippen molar-refractivity contribution in [3.8, 4) is 12.1 Å². The monoisotopic (exact) mass is 742 g/mol. The van der Waals surface area contributed by atoms with Crippen molar-refractivity contribution >= 4 is 17.5 Å². The predicted molar refractivity (Wildman–Crippen MR) is 193 cm³/mol. The van der Waals surface area contributed by atoms with Gasteiger partial charge in [-0.05, 0) is 18.6 Å². The van der Waals surface area contributed by atoms with Crippen molar-refractivity contribution in [3.05, 3.63) is 45.5 Å². The molecule has 2 aromatic rings. The normalized spacial score (nSPS) is 24.9. The number of anilines is 2. The van der Waals surface area contributed by atoms with Crippen molar-refractivity contribution in [2.75, 3.05) is 24.3 Å². The van der Waals surface area contributed by atoms with Gasteiger partial charge in [-0.2, -0.15) is 20.5 Å². The van der Waals surface area contributed by atoms with Crippen LogP contribution >= 0.6 is 0 Å². The van der Waals surface area contributed by atoms with Crippen molar-refractivity contribution in [3.63, 3.8) is 0 Å². The number of rotatable bonds is 19. The third-order valence-corrected chi connectivity index (χ3v) is 9.40. The summed E-state index contributed by atoms with van der Waals surface area (Å²) in [6, 6.07) is 6.62. The van der Waals surface area contributed by atoms with Gasteiger partial charge in [0.25, 0.3) is 0 Å². The Bertz CT molecular complexity index is 1620. The second-order valence-corrected chi connectivity index (χ2v) is 13.4. The number of ether oxygens (including phenoxy) is 2. The van der Waals surface area contributed by atoms with Gasteiger partial charge >= 0.3 is 11.4 Å². The first-order valence-corrected chi connectivity index (χ1v) is 18.5. The van der Waals surface area contributed by atoms with E-state index < -0.39 is 73.3 Å². The van der Waals surface area contributed by atoms with Crippen LogP contribution in [0.15, 0.2) is 34.1 Å². The van der Waals surface area contributed by atoms with Crippen molar-refractivity contribution in [1.82, 2.24) is 19.1 Å². The molecule has 0 radical (unpaired) electrons. The number of hydrogen-bond donors (Lipinski definition) is 6. The van der Waals surface area contributed by atoms with E-state index in [4.69, 9.17) is 25.6 Å². The van der Waals surface area contributed by atoms with E-state index in [1.165, 1.54) is 88.7 Å². The minimum atomic E-state index is -1.21. The van der Waals surface area contributed by atoms with E-state index in [-0.39, 0.29) is 17.5 Å². The fraction of sp³-hybridized carbons (Fsp3) is 0.694. The average Bonchev–Trinajstić information content (AvgIpc) is 3.64. The molecular formula is C36H54N8O9. The molecule has 292 valence electrons. The number of hydrogen-bond acceptors (Lipinski definition) is 14. The smallest absolute Gasteiger partial charge is 0.351 e. The molecule has 17 heteroatoms. The molecule has 0 saturated carbocycles. The molecule has 0 aromatic carbocycles. The van der Waals surface area contributed by atoms with Gasteiger partial charge in [0, 0.05) is 18.8 Å². The van der Waals surface area contributed by atoms with Crippen molar-refractivity contribution in [1.29, 1.82) is 10.5 Å². The zero-order valence-corrected chi connectivity index (χ0v) is 30.3. The van der Waals surface area contributed by atoms with Crippen LogP contribution in [0.2, 0.25) is 0 Å². The topological polar surface area (TPSA) is 272 Å². The number of carbonyl (C=O) groups excluding carboxylic acids is 1. The van der Waals surface area contributed by atoms with Gasteiger partial charge in [0.2, 0.25) is 5.91 Å². The van der Waals surface area contributed by atoms with Gasteiger partial charge in [-0.3, -0.25) is 13.9 Å². The summed E-state index contributed by atoms with van der Waals surface area (Å²) in [7, 11) is 0. The molecular weight excluding hydrogens is 688 g/mol. The number of aliphatic hydroxyl groups is 4. The highest BCUT2D eigenvalue weighted by Crippen LogP contribution is 2.34. The Balaban J connectivity index is 0.000000350. The summed E-state index contributed by atoms with van der Waals surface area (Å²) < 4.78 is 12.9. The lowest BCUT2D eigenvalue weighted by atomic mass is 10.0. The van der Waals surface area contributed by atoms with Crippen LogP contribution in [0, 0.1) is 34.5 Å². The summed E-state index contributed by atoms with van der Waals surface area (Å²) in [5, 5.41) is 59.0. The van der Waals surface area contributed by atoms with Crippen LogP contribution in [-0.4, -0.2) is 83.1 Å². The highest BCUT2D eigenvalue weighted by atomic mass is 16.5. The van der Waals surface area contributed by atoms with Crippen LogP contribution in [0.5, 0.6) is 0 Å². The number of nitrogen functional groups attached to an aromatic ring is 1. The highest BCUT2D eigenvalue weighted by molar-refractivity contribution is 5.89. The lowest BCUT2D eigenvalue weighted by molar-refractivity contribution is -0.116. The summed E-state index contributed by atoms with van der Waals surface area (Å²) in [6.07, 6.45) is 13.0. The molecule has 2 unspecified atom stereocenters. The Morgan fingerprint density at radius 1 is 0.774 bits per heavy atom. The number of nitrogens with two attached hydrogens (primary N) is 1. The lowest BCUT2D eigenvalue weighted by Gasteiger charge is -2.16. The van der Waals surface area contributed by atoms with Crippen LogP contribution in [0.25, 0.3) is 0 Å². The molecule has 4 heterocycles. The molecule has 2 aliphatic rings. The number of carbonyl (C=O) groups is 1. The number of nitrogens with one attached hydrogen (secondary N) is 1. The zero-order valence-electron chi connectivity index (χ0n) is 30.3. The number of amides is 1. The molecule has 4 rings (SSSR count). The fourth-order valence-electron chi connectivity index (χ4n) is 6.35. The zero-order chi connectivity index (χ0) is 38.8. The van der Waals surface area contributed by atoms with Crippen LogP contribution in [-0.2, 0) is 14.3 Å². The van der Waals surface area contributed by atoms with Gasteiger partial charge in [0.15, 0.2) is 12.5 Å². The van der Waals surface area contributed by atoms with Gasteiger partial charge in [0.05, 0.1) is 25.4 Å². The Hall–Kier alpha value is -4.23.